The molecule has 0 bridgehead atoms. The molecule has 0 saturated heterocycles. The molecule has 0 unspecified atom stereocenters. The molecule has 130 valence electrons. The van der Waals surface area contributed by atoms with E-state index >= 15 is 0 Å². The van der Waals surface area contributed by atoms with Crippen LogP contribution in [-0.2, 0) is 0 Å². The number of esters is 1. The van der Waals surface area contributed by atoms with Gasteiger partial charge >= 0.3 is 5.97 Å². The molecule has 0 heterocycles. The van der Waals surface area contributed by atoms with Crippen molar-refractivity contribution in [1.82, 2.24) is 0 Å². The molecule has 0 radical (unpaired) electrons. The second-order valence-corrected chi connectivity index (χ2v) is 7.20. The highest BCUT2D eigenvalue weighted by atomic mass is 16.5. The van der Waals surface area contributed by atoms with E-state index in [4.69, 9.17) is 4.74 Å². The summed E-state index contributed by atoms with van der Waals surface area (Å²) in [5.74, 6) is 1.83. The summed E-state index contributed by atoms with van der Waals surface area (Å²) in [6.07, 6.45) is 9.75. The summed E-state index contributed by atoms with van der Waals surface area (Å²) >= 11 is 0. The van der Waals surface area contributed by atoms with Crippen LogP contribution in [0.5, 0.6) is 5.75 Å². The zero-order valence-corrected chi connectivity index (χ0v) is 15.1. The van der Waals surface area contributed by atoms with E-state index in [2.05, 4.69) is 19.1 Å². The minimum Gasteiger partial charge on any atom is -0.423 e. The molecule has 1 aliphatic rings. The third kappa shape index (κ3) is 5.06. The predicted molar refractivity (Wildman–Crippen MR) is 103 cm³/mol. The Bertz CT molecular complexity index is 718. The van der Waals surface area contributed by atoms with Gasteiger partial charge in [-0.05, 0) is 61.4 Å². The van der Waals surface area contributed by atoms with E-state index in [-0.39, 0.29) is 5.97 Å². The van der Waals surface area contributed by atoms with Crippen LogP contribution in [0.3, 0.4) is 0 Å². The summed E-state index contributed by atoms with van der Waals surface area (Å²) in [5.41, 5.74) is 2.85. The summed E-state index contributed by atoms with van der Waals surface area (Å²) in [6.45, 7) is 4.35. The van der Waals surface area contributed by atoms with Crippen molar-refractivity contribution >= 4 is 12.0 Å². The van der Waals surface area contributed by atoms with Crippen LogP contribution in [-0.4, -0.2) is 5.97 Å². The second-order valence-electron chi connectivity index (χ2n) is 7.20. The van der Waals surface area contributed by atoms with E-state index in [0.29, 0.717) is 17.2 Å². The van der Waals surface area contributed by atoms with Crippen molar-refractivity contribution in [2.24, 2.45) is 11.8 Å². The van der Waals surface area contributed by atoms with Crippen molar-refractivity contribution in [1.29, 1.82) is 0 Å². The van der Waals surface area contributed by atoms with E-state index in [1.807, 2.05) is 55.5 Å². The summed E-state index contributed by atoms with van der Waals surface area (Å²) < 4.78 is 5.40. The minimum absolute atomic E-state index is 0.319. The van der Waals surface area contributed by atoms with Crippen molar-refractivity contribution < 1.29 is 9.53 Å². The van der Waals surface area contributed by atoms with Crippen LogP contribution in [0.4, 0.5) is 0 Å². The Balaban J connectivity index is 1.57. The second kappa shape index (κ2) is 8.15. The number of hydrogen-bond acceptors (Lipinski definition) is 2. The van der Waals surface area contributed by atoms with Crippen LogP contribution in [0, 0.1) is 18.8 Å². The topological polar surface area (TPSA) is 26.3 Å². The fraction of sp³-hybridized carbons (Fsp3) is 0.348. The third-order valence-corrected chi connectivity index (χ3v) is 5.00. The van der Waals surface area contributed by atoms with E-state index in [0.717, 1.165) is 17.0 Å². The third-order valence-electron chi connectivity index (χ3n) is 5.00. The molecule has 3 rings (SSSR count). The van der Waals surface area contributed by atoms with Crippen LogP contribution in [0.1, 0.15) is 54.1 Å². The van der Waals surface area contributed by atoms with Crippen molar-refractivity contribution in [2.45, 2.75) is 39.5 Å². The van der Waals surface area contributed by atoms with Gasteiger partial charge in [-0.3, -0.25) is 0 Å². The summed E-state index contributed by atoms with van der Waals surface area (Å²) in [7, 11) is 0. The van der Waals surface area contributed by atoms with E-state index in [1.165, 1.54) is 25.7 Å². The number of carbonyl (C=O) groups excluding carboxylic acids is 1. The predicted octanol–water partition coefficient (Wildman–Crippen LogP) is 6.05. The van der Waals surface area contributed by atoms with Gasteiger partial charge in [-0.15, -0.1) is 0 Å². The average molecular weight is 334 g/mol. The highest BCUT2D eigenvalue weighted by Crippen LogP contribution is 2.29. The van der Waals surface area contributed by atoms with Crippen LogP contribution < -0.4 is 4.74 Å². The van der Waals surface area contributed by atoms with Gasteiger partial charge < -0.3 is 4.74 Å². The monoisotopic (exact) mass is 334 g/mol. The van der Waals surface area contributed by atoms with Gasteiger partial charge in [0.2, 0.25) is 0 Å². The molecule has 1 fully saturated rings. The molecule has 0 atom stereocenters. The first-order valence-corrected chi connectivity index (χ1v) is 9.17. The van der Waals surface area contributed by atoms with Crippen LogP contribution in [0.15, 0.2) is 54.6 Å². The number of hydrogen-bond donors (Lipinski definition) is 0. The van der Waals surface area contributed by atoms with E-state index in [1.54, 1.807) is 0 Å². The summed E-state index contributed by atoms with van der Waals surface area (Å²) in [5, 5.41) is 0. The zero-order valence-electron chi connectivity index (χ0n) is 15.1. The lowest BCUT2D eigenvalue weighted by molar-refractivity contribution is 0.0734. The largest absolute Gasteiger partial charge is 0.423 e. The van der Waals surface area contributed by atoms with Gasteiger partial charge in [-0.25, -0.2) is 4.79 Å². The molecule has 2 aromatic carbocycles. The fourth-order valence-corrected chi connectivity index (χ4v) is 3.23. The number of ether oxygens (including phenoxy) is 1. The Kier molecular flexibility index (Phi) is 5.70. The molecule has 2 aromatic rings. The van der Waals surface area contributed by atoms with Gasteiger partial charge in [0.05, 0.1) is 5.56 Å². The van der Waals surface area contributed by atoms with Gasteiger partial charge in [0.1, 0.15) is 5.75 Å². The number of benzene rings is 2. The highest BCUT2D eigenvalue weighted by molar-refractivity contribution is 5.91. The molecule has 2 heteroatoms. The van der Waals surface area contributed by atoms with Crippen molar-refractivity contribution in [2.75, 3.05) is 0 Å². The van der Waals surface area contributed by atoms with Gasteiger partial charge in [0.15, 0.2) is 0 Å². The van der Waals surface area contributed by atoms with Gasteiger partial charge in [-0.2, -0.15) is 0 Å². The number of aryl methyl sites for hydroxylation is 1. The SMILES string of the molecule is Cc1ccc(OC(=O)c2ccc(/C=C/C3CCC(C)CC3)cc2)cc1. The first-order chi connectivity index (χ1) is 12.1. The van der Waals surface area contributed by atoms with Crippen molar-refractivity contribution in [3.8, 4) is 5.75 Å². The Morgan fingerprint density at radius 1 is 0.960 bits per heavy atom. The molecule has 0 spiro atoms. The maximum atomic E-state index is 12.2. The Labute approximate surface area is 150 Å². The minimum atomic E-state index is -0.319. The number of rotatable bonds is 4. The average Bonchev–Trinajstić information content (AvgIpc) is 2.63. The Morgan fingerprint density at radius 2 is 1.60 bits per heavy atom. The Morgan fingerprint density at radius 3 is 2.24 bits per heavy atom. The molecule has 0 N–H and O–H groups in total. The van der Waals surface area contributed by atoms with Crippen LogP contribution in [0.2, 0.25) is 0 Å². The lowest BCUT2D eigenvalue weighted by Crippen LogP contribution is -2.10. The molecular weight excluding hydrogens is 308 g/mol. The van der Waals surface area contributed by atoms with Crippen molar-refractivity contribution in [3.05, 3.63) is 71.3 Å². The highest BCUT2D eigenvalue weighted by Gasteiger charge is 2.15. The number of allylic oxidation sites excluding steroid dienone is 1. The standard InChI is InChI=1S/C23H26O2/c1-17-3-7-19(8-4-17)9-10-20-11-13-21(14-12-20)23(24)25-22-15-5-18(2)6-16-22/h5-6,9-17,19H,3-4,7-8H2,1-2H3/b10-9+. The lowest BCUT2D eigenvalue weighted by Gasteiger charge is -2.23. The van der Waals surface area contributed by atoms with Crippen LogP contribution >= 0.6 is 0 Å². The maximum Gasteiger partial charge on any atom is 0.343 e. The zero-order chi connectivity index (χ0) is 17.6. The van der Waals surface area contributed by atoms with Gasteiger partial charge in [0.25, 0.3) is 0 Å². The van der Waals surface area contributed by atoms with Crippen molar-refractivity contribution in [3.63, 3.8) is 0 Å². The molecule has 0 aliphatic heterocycles. The smallest absolute Gasteiger partial charge is 0.343 e. The molecular formula is C23H26O2. The fourth-order valence-electron chi connectivity index (χ4n) is 3.23. The summed E-state index contributed by atoms with van der Waals surface area (Å²) in [6, 6.07) is 15.1. The van der Waals surface area contributed by atoms with Gasteiger partial charge in [-0.1, -0.05) is 61.7 Å². The molecule has 1 aliphatic carbocycles. The maximum absolute atomic E-state index is 12.2. The molecule has 1 saturated carbocycles. The first kappa shape index (κ1) is 17.5. The quantitative estimate of drug-likeness (QED) is 0.502. The normalized spacial score (nSPS) is 20.6. The summed E-state index contributed by atoms with van der Waals surface area (Å²) in [4.78, 5) is 12.2. The number of carbonyl (C=O) groups is 1. The van der Waals surface area contributed by atoms with E-state index < -0.39 is 0 Å². The lowest BCUT2D eigenvalue weighted by atomic mass is 9.83. The molecule has 2 nitrogen and oxygen atoms in total. The molecule has 0 aromatic heterocycles. The molecule has 0 amide bonds. The van der Waals surface area contributed by atoms with Crippen LogP contribution in [0.25, 0.3) is 6.08 Å². The Hall–Kier alpha value is -2.35. The van der Waals surface area contributed by atoms with E-state index in [9.17, 15) is 4.79 Å². The molecule has 25 heavy (non-hydrogen) atoms. The first-order valence-electron chi connectivity index (χ1n) is 9.17. The van der Waals surface area contributed by atoms with Gasteiger partial charge in [0, 0.05) is 0 Å².